The standard InChI is InChI=1S/C16H15ClN2O2S/c1-2-3-10(16(20)21)9-4-5-11-12(8-9)19-15(18-11)13-6-7-14(17)22-13/h4-8,10H,2-3H2,1H3,(H,18,19)(H,20,21). The highest BCUT2D eigenvalue weighted by molar-refractivity contribution is 7.19. The fourth-order valence-electron chi connectivity index (χ4n) is 2.52. The molecule has 0 saturated carbocycles. The third kappa shape index (κ3) is 2.87. The van der Waals surface area contributed by atoms with Gasteiger partial charge in [-0.2, -0.15) is 0 Å². The zero-order valence-electron chi connectivity index (χ0n) is 12.0. The number of rotatable bonds is 5. The molecule has 0 saturated heterocycles. The number of thiophene rings is 1. The van der Waals surface area contributed by atoms with Crippen molar-refractivity contribution in [2.45, 2.75) is 25.7 Å². The predicted octanol–water partition coefficient (Wildman–Crippen LogP) is 4.91. The Hall–Kier alpha value is -1.85. The molecule has 2 N–H and O–H groups in total. The van der Waals surface area contributed by atoms with E-state index in [1.54, 1.807) is 0 Å². The third-order valence-electron chi connectivity index (χ3n) is 3.59. The van der Waals surface area contributed by atoms with Crippen LogP contribution >= 0.6 is 22.9 Å². The molecule has 0 amide bonds. The summed E-state index contributed by atoms with van der Waals surface area (Å²) in [6.45, 7) is 1.99. The van der Waals surface area contributed by atoms with E-state index < -0.39 is 11.9 Å². The topological polar surface area (TPSA) is 66.0 Å². The van der Waals surface area contributed by atoms with Gasteiger partial charge in [0.25, 0.3) is 0 Å². The van der Waals surface area contributed by atoms with E-state index in [1.807, 2.05) is 37.3 Å². The van der Waals surface area contributed by atoms with Crippen LogP contribution in [0, 0.1) is 0 Å². The number of hydrogen-bond acceptors (Lipinski definition) is 3. The number of H-pyrrole nitrogens is 1. The molecule has 3 rings (SSSR count). The van der Waals surface area contributed by atoms with Crippen LogP contribution in [-0.4, -0.2) is 21.0 Å². The normalized spacial score (nSPS) is 12.6. The van der Waals surface area contributed by atoms with Gasteiger partial charge in [-0.1, -0.05) is 31.0 Å². The molecule has 0 aliphatic rings. The van der Waals surface area contributed by atoms with E-state index in [1.165, 1.54) is 11.3 Å². The Morgan fingerprint density at radius 3 is 2.86 bits per heavy atom. The minimum absolute atomic E-state index is 0.481. The molecule has 0 fully saturated rings. The number of carbonyl (C=O) groups is 1. The molecule has 22 heavy (non-hydrogen) atoms. The molecule has 2 heterocycles. The van der Waals surface area contributed by atoms with E-state index in [9.17, 15) is 9.90 Å². The second-order valence-corrected chi connectivity index (χ2v) is 6.86. The van der Waals surface area contributed by atoms with Gasteiger partial charge in [0.1, 0.15) is 5.82 Å². The molecule has 4 nitrogen and oxygen atoms in total. The first-order valence-corrected chi connectivity index (χ1v) is 8.26. The lowest BCUT2D eigenvalue weighted by Gasteiger charge is -2.11. The second-order valence-electron chi connectivity index (χ2n) is 5.15. The Morgan fingerprint density at radius 2 is 2.23 bits per heavy atom. The summed E-state index contributed by atoms with van der Waals surface area (Å²) in [5.41, 5.74) is 2.47. The van der Waals surface area contributed by atoms with Crippen molar-refractivity contribution in [1.82, 2.24) is 9.97 Å². The van der Waals surface area contributed by atoms with Crippen molar-refractivity contribution in [3.63, 3.8) is 0 Å². The number of aromatic nitrogens is 2. The van der Waals surface area contributed by atoms with Crippen molar-refractivity contribution in [3.8, 4) is 10.7 Å². The van der Waals surface area contributed by atoms with E-state index in [0.717, 1.165) is 33.7 Å². The van der Waals surface area contributed by atoms with Crippen molar-refractivity contribution in [2.24, 2.45) is 0 Å². The van der Waals surface area contributed by atoms with Crippen LogP contribution in [0.2, 0.25) is 4.34 Å². The number of carboxylic acids is 1. The summed E-state index contributed by atoms with van der Waals surface area (Å²) < 4.78 is 0.713. The van der Waals surface area contributed by atoms with Gasteiger partial charge in [-0.15, -0.1) is 11.3 Å². The van der Waals surface area contributed by atoms with Gasteiger partial charge in [-0.25, -0.2) is 4.98 Å². The average molecular weight is 335 g/mol. The summed E-state index contributed by atoms with van der Waals surface area (Å²) in [4.78, 5) is 20.2. The molecule has 1 atom stereocenters. The number of aliphatic carboxylic acids is 1. The van der Waals surface area contributed by atoms with E-state index in [-0.39, 0.29) is 0 Å². The second kappa shape index (κ2) is 6.10. The number of carboxylic acid groups (broad SMARTS) is 1. The first kappa shape index (κ1) is 15.1. The molecular weight excluding hydrogens is 320 g/mol. The van der Waals surface area contributed by atoms with Crippen LogP contribution in [0.25, 0.3) is 21.7 Å². The van der Waals surface area contributed by atoms with E-state index in [0.29, 0.717) is 10.8 Å². The third-order valence-corrected chi connectivity index (χ3v) is 4.83. The van der Waals surface area contributed by atoms with Gasteiger partial charge in [0.15, 0.2) is 0 Å². The van der Waals surface area contributed by atoms with Crippen LogP contribution in [0.5, 0.6) is 0 Å². The first-order valence-electron chi connectivity index (χ1n) is 7.06. The Bertz CT molecular complexity index is 825. The van der Waals surface area contributed by atoms with Gasteiger partial charge >= 0.3 is 5.97 Å². The number of hydrogen-bond donors (Lipinski definition) is 2. The number of nitrogens with one attached hydrogen (secondary N) is 1. The number of halogens is 1. The molecule has 3 aromatic rings. The van der Waals surface area contributed by atoms with E-state index in [2.05, 4.69) is 9.97 Å². The quantitative estimate of drug-likeness (QED) is 0.696. The van der Waals surface area contributed by atoms with Crippen molar-refractivity contribution in [1.29, 1.82) is 0 Å². The van der Waals surface area contributed by atoms with Gasteiger partial charge in [0, 0.05) is 0 Å². The molecule has 114 valence electrons. The summed E-state index contributed by atoms with van der Waals surface area (Å²) >= 11 is 7.41. The average Bonchev–Trinajstić information content (AvgIpc) is 3.09. The first-order chi connectivity index (χ1) is 10.6. The maximum absolute atomic E-state index is 11.4. The molecule has 6 heteroatoms. The van der Waals surface area contributed by atoms with Crippen molar-refractivity contribution in [2.75, 3.05) is 0 Å². The highest BCUT2D eigenvalue weighted by Crippen LogP contribution is 2.31. The van der Waals surface area contributed by atoms with Crippen LogP contribution < -0.4 is 0 Å². The summed E-state index contributed by atoms with van der Waals surface area (Å²) in [7, 11) is 0. The predicted molar refractivity (Wildman–Crippen MR) is 89.7 cm³/mol. The minimum atomic E-state index is -0.790. The van der Waals surface area contributed by atoms with Gasteiger partial charge in [-0.3, -0.25) is 4.79 Å². The highest BCUT2D eigenvalue weighted by Gasteiger charge is 2.19. The summed E-state index contributed by atoms with van der Waals surface area (Å²) in [6, 6.07) is 9.37. The Labute approximate surface area is 136 Å². The van der Waals surface area contributed by atoms with Crippen LogP contribution in [0.15, 0.2) is 30.3 Å². The Balaban J connectivity index is 2.01. The monoisotopic (exact) mass is 334 g/mol. The zero-order valence-corrected chi connectivity index (χ0v) is 13.5. The van der Waals surface area contributed by atoms with Gasteiger partial charge in [-0.05, 0) is 36.2 Å². The minimum Gasteiger partial charge on any atom is -0.481 e. The molecule has 0 radical (unpaired) electrons. The maximum Gasteiger partial charge on any atom is 0.310 e. The number of aromatic amines is 1. The lowest BCUT2D eigenvalue weighted by atomic mass is 9.94. The van der Waals surface area contributed by atoms with Gasteiger partial charge in [0.05, 0.1) is 26.2 Å². The van der Waals surface area contributed by atoms with Crippen LogP contribution in [0.3, 0.4) is 0 Å². The van der Waals surface area contributed by atoms with E-state index in [4.69, 9.17) is 11.6 Å². The smallest absolute Gasteiger partial charge is 0.310 e. The van der Waals surface area contributed by atoms with Crippen molar-refractivity contribution >= 4 is 39.9 Å². The molecule has 0 aliphatic carbocycles. The maximum atomic E-state index is 11.4. The lowest BCUT2D eigenvalue weighted by Crippen LogP contribution is -2.11. The lowest BCUT2D eigenvalue weighted by molar-refractivity contribution is -0.139. The van der Waals surface area contributed by atoms with Crippen LogP contribution in [0.1, 0.15) is 31.2 Å². The van der Waals surface area contributed by atoms with Crippen LogP contribution in [-0.2, 0) is 4.79 Å². The number of imidazole rings is 1. The SMILES string of the molecule is CCCC(C(=O)O)c1ccc2[nH]c(-c3ccc(Cl)s3)nc2c1. The molecule has 1 unspecified atom stereocenters. The molecule has 2 aromatic heterocycles. The van der Waals surface area contributed by atoms with Gasteiger partial charge < -0.3 is 10.1 Å². The molecule has 0 spiro atoms. The Morgan fingerprint density at radius 1 is 1.41 bits per heavy atom. The Kier molecular flexibility index (Phi) is 4.18. The number of nitrogens with zero attached hydrogens (tertiary/aromatic N) is 1. The van der Waals surface area contributed by atoms with E-state index >= 15 is 0 Å². The van der Waals surface area contributed by atoms with Gasteiger partial charge in [0.2, 0.25) is 0 Å². The van der Waals surface area contributed by atoms with Crippen LogP contribution in [0.4, 0.5) is 0 Å². The molecule has 0 bridgehead atoms. The highest BCUT2D eigenvalue weighted by atomic mass is 35.5. The molecule has 0 aliphatic heterocycles. The molecular formula is C16H15ClN2O2S. The fraction of sp³-hybridized carbons (Fsp3) is 0.250. The largest absolute Gasteiger partial charge is 0.481 e. The van der Waals surface area contributed by atoms with Crippen molar-refractivity contribution < 1.29 is 9.90 Å². The fourth-order valence-corrected chi connectivity index (χ4v) is 3.51. The number of fused-ring (bicyclic) bond motifs is 1. The summed E-state index contributed by atoms with van der Waals surface area (Å²) in [5, 5.41) is 9.37. The molecule has 1 aromatic carbocycles. The summed E-state index contributed by atoms with van der Waals surface area (Å²) in [5.74, 6) is -0.515. The summed E-state index contributed by atoms with van der Waals surface area (Å²) in [6.07, 6.45) is 1.45. The number of benzene rings is 1. The van der Waals surface area contributed by atoms with Crippen molar-refractivity contribution in [3.05, 3.63) is 40.2 Å². The zero-order chi connectivity index (χ0) is 15.7.